The molecule has 3 nitrogen and oxygen atoms in total. The van der Waals surface area contributed by atoms with Crippen molar-refractivity contribution in [3.8, 4) is 0 Å². The lowest BCUT2D eigenvalue weighted by Gasteiger charge is -2.46. The first-order valence-electron chi connectivity index (χ1n) is 7.35. The molecule has 3 heteroatoms. The monoisotopic (exact) mass is 242 g/mol. The number of aliphatic hydroxyl groups excluding tert-OH is 1. The van der Waals surface area contributed by atoms with Crippen LogP contribution < -0.4 is 5.73 Å². The van der Waals surface area contributed by atoms with Gasteiger partial charge in [-0.25, -0.2) is 0 Å². The first-order chi connectivity index (χ1) is 8.29. The minimum absolute atomic E-state index is 0.284. The topological polar surface area (TPSA) is 49.5 Å². The van der Waals surface area contributed by atoms with E-state index >= 15 is 0 Å². The van der Waals surface area contributed by atoms with Gasteiger partial charge in [-0.05, 0) is 45.2 Å². The molecule has 0 aliphatic heterocycles. The van der Waals surface area contributed by atoms with Gasteiger partial charge in [-0.1, -0.05) is 26.2 Å². The van der Waals surface area contributed by atoms with Crippen LogP contribution in [0.3, 0.4) is 0 Å². The molecular weight excluding hydrogens is 212 g/mol. The summed E-state index contributed by atoms with van der Waals surface area (Å²) in [5.74, 6) is 0. The van der Waals surface area contributed by atoms with Crippen molar-refractivity contribution < 1.29 is 5.11 Å². The van der Waals surface area contributed by atoms with Crippen molar-refractivity contribution in [1.82, 2.24) is 4.90 Å². The molecule has 0 aromatic heterocycles. The molecule has 1 aliphatic carbocycles. The molecule has 0 aromatic rings. The van der Waals surface area contributed by atoms with E-state index in [1.807, 2.05) is 0 Å². The maximum atomic E-state index is 8.80. The van der Waals surface area contributed by atoms with Crippen molar-refractivity contribution in [1.29, 1.82) is 0 Å². The van der Waals surface area contributed by atoms with E-state index in [1.54, 1.807) is 0 Å². The highest BCUT2D eigenvalue weighted by atomic mass is 16.2. The zero-order chi connectivity index (χ0) is 12.6. The zero-order valence-corrected chi connectivity index (χ0v) is 11.5. The molecule has 1 saturated carbocycles. The lowest BCUT2D eigenvalue weighted by Crippen LogP contribution is -2.55. The average molecular weight is 242 g/mol. The second-order valence-corrected chi connectivity index (χ2v) is 5.35. The molecular formula is C14H30N2O. The summed E-state index contributed by atoms with van der Waals surface area (Å²) in [5, 5.41) is 8.80. The van der Waals surface area contributed by atoms with Crippen LogP contribution >= 0.6 is 0 Å². The van der Waals surface area contributed by atoms with Gasteiger partial charge in [0.15, 0.2) is 0 Å². The molecule has 1 aliphatic rings. The van der Waals surface area contributed by atoms with Gasteiger partial charge in [-0.15, -0.1) is 0 Å². The van der Waals surface area contributed by atoms with Crippen LogP contribution in [-0.2, 0) is 0 Å². The van der Waals surface area contributed by atoms with Gasteiger partial charge >= 0.3 is 0 Å². The number of hydrogen-bond acceptors (Lipinski definition) is 3. The minimum atomic E-state index is 0.284. The molecule has 0 radical (unpaired) electrons. The molecule has 0 heterocycles. The molecule has 0 aromatic carbocycles. The minimum Gasteiger partial charge on any atom is -0.396 e. The summed E-state index contributed by atoms with van der Waals surface area (Å²) in [4.78, 5) is 2.60. The fourth-order valence-corrected chi connectivity index (χ4v) is 3.18. The van der Waals surface area contributed by atoms with E-state index in [4.69, 9.17) is 10.8 Å². The molecule has 1 rings (SSSR count). The van der Waals surface area contributed by atoms with Crippen LogP contribution in [0, 0.1) is 0 Å². The third kappa shape index (κ3) is 4.23. The Kier molecular flexibility index (Phi) is 7.09. The van der Waals surface area contributed by atoms with Gasteiger partial charge in [0.25, 0.3) is 0 Å². The fraction of sp³-hybridized carbons (Fsp3) is 1.00. The van der Waals surface area contributed by atoms with Crippen LogP contribution in [0.2, 0.25) is 0 Å². The molecule has 1 fully saturated rings. The van der Waals surface area contributed by atoms with Gasteiger partial charge in [0.05, 0.1) is 0 Å². The number of nitrogens with zero attached hydrogens (tertiary/aromatic N) is 1. The van der Waals surface area contributed by atoms with E-state index < -0.39 is 0 Å². The van der Waals surface area contributed by atoms with Gasteiger partial charge in [-0.3, -0.25) is 4.90 Å². The SMILES string of the molecule is CCN(CCCCCO)C1(CN)CCCCC1. The lowest BCUT2D eigenvalue weighted by molar-refractivity contribution is 0.0598. The van der Waals surface area contributed by atoms with Crippen LogP contribution in [0.15, 0.2) is 0 Å². The predicted molar refractivity (Wildman–Crippen MR) is 73.1 cm³/mol. The summed E-state index contributed by atoms with van der Waals surface area (Å²) < 4.78 is 0. The summed E-state index contributed by atoms with van der Waals surface area (Å²) in [5.41, 5.74) is 6.35. The number of likely N-dealkylation sites (N-methyl/N-ethyl adjacent to an activating group) is 1. The summed E-state index contributed by atoms with van der Waals surface area (Å²) in [6.45, 7) is 5.64. The van der Waals surface area contributed by atoms with Crippen molar-refractivity contribution in [3.63, 3.8) is 0 Å². The molecule has 0 spiro atoms. The molecule has 0 atom stereocenters. The highest BCUT2D eigenvalue weighted by Gasteiger charge is 2.35. The quantitative estimate of drug-likeness (QED) is 0.641. The molecule has 3 N–H and O–H groups in total. The Morgan fingerprint density at radius 3 is 2.35 bits per heavy atom. The number of unbranched alkanes of at least 4 members (excludes halogenated alkanes) is 2. The highest BCUT2D eigenvalue weighted by molar-refractivity contribution is 4.93. The number of hydrogen-bond donors (Lipinski definition) is 2. The first-order valence-corrected chi connectivity index (χ1v) is 7.35. The summed E-state index contributed by atoms with van der Waals surface area (Å²) >= 11 is 0. The van der Waals surface area contributed by atoms with E-state index in [0.29, 0.717) is 6.61 Å². The molecule has 102 valence electrons. The highest BCUT2D eigenvalue weighted by Crippen LogP contribution is 2.33. The van der Waals surface area contributed by atoms with Crippen LogP contribution in [0.1, 0.15) is 58.3 Å². The Morgan fingerprint density at radius 1 is 1.12 bits per heavy atom. The van der Waals surface area contributed by atoms with E-state index in [2.05, 4.69) is 11.8 Å². The molecule has 0 amide bonds. The van der Waals surface area contributed by atoms with Crippen molar-refractivity contribution in [3.05, 3.63) is 0 Å². The van der Waals surface area contributed by atoms with Gasteiger partial charge in [0, 0.05) is 18.7 Å². The Bertz CT molecular complexity index is 191. The van der Waals surface area contributed by atoms with Crippen molar-refractivity contribution >= 4 is 0 Å². The molecule has 0 saturated heterocycles. The van der Waals surface area contributed by atoms with Crippen LogP contribution in [0.4, 0.5) is 0 Å². The smallest absolute Gasteiger partial charge is 0.0431 e. The normalized spacial score (nSPS) is 19.8. The zero-order valence-electron chi connectivity index (χ0n) is 11.5. The molecule has 0 bridgehead atoms. The molecule has 17 heavy (non-hydrogen) atoms. The van der Waals surface area contributed by atoms with Crippen LogP contribution in [0.5, 0.6) is 0 Å². The van der Waals surface area contributed by atoms with Crippen LogP contribution in [-0.4, -0.2) is 41.8 Å². The Morgan fingerprint density at radius 2 is 1.82 bits per heavy atom. The van der Waals surface area contributed by atoms with Crippen LogP contribution in [0.25, 0.3) is 0 Å². The fourth-order valence-electron chi connectivity index (χ4n) is 3.18. The second-order valence-electron chi connectivity index (χ2n) is 5.35. The largest absolute Gasteiger partial charge is 0.396 e. The Hall–Kier alpha value is -0.120. The van der Waals surface area contributed by atoms with Gasteiger partial charge in [-0.2, -0.15) is 0 Å². The Balaban J connectivity index is 2.44. The molecule has 0 unspecified atom stereocenters. The number of nitrogens with two attached hydrogens (primary N) is 1. The third-order valence-electron chi connectivity index (χ3n) is 4.30. The van der Waals surface area contributed by atoms with E-state index in [0.717, 1.165) is 32.5 Å². The summed E-state index contributed by atoms with van der Waals surface area (Å²) in [6.07, 6.45) is 9.87. The first kappa shape index (κ1) is 14.9. The maximum absolute atomic E-state index is 8.80. The average Bonchev–Trinajstić information content (AvgIpc) is 2.39. The van der Waals surface area contributed by atoms with Gasteiger partial charge in [0.2, 0.25) is 0 Å². The van der Waals surface area contributed by atoms with Crippen molar-refractivity contribution in [2.24, 2.45) is 5.73 Å². The van der Waals surface area contributed by atoms with Crippen molar-refractivity contribution in [2.75, 3.05) is 26.2 Å². The van der Waals surface area contributed by atoms with Gasteiger partial charge < -0.3 is 10.8 Å². The Labute approximate surface area is 106 Å². The van der Waals surface area contributed by atoms with Crippen molar-refractivity contribution in [2.45, 2.75) is 63.8 Å². The summed E-state index contributed by atoms with van der Waals surface area (Å²) in [6, 6.07) is 0. The maximum Gasteiger partial charge on any atom is 0.0431 e. The lowest BCUT2D eigenvalue weighted by atomic mass is 9.80. The van der Waals surface area contributed by atoms with E-state index in [9.17, 15) is 0 Å². The van der Waals surface area contributed by atoms with Gasteiger partial charge in [0.1, 0.15) is 0 Å². The standard InChI is InChI=1S/C14H30N2O/c1-2-16(11-7-4-8-12-17)14(13-15)9-5-3-6-10-14/h17H,2-13,15H2,1H3. The predicted octanol–water partition coefficient (Wildman–Crippen LogP) is 2.13. The second kappa shape index (κ2) is 8.06. The summed E-state index contributed by atoms with van der Waals surface area (Å²) in [7, 11) is 0. The number of rotatable bonds is 8. The number of aliphatic hydroxyl groups is 1. The van der Waals surface area contributed by atoms with E-state index in [1.165, 1.54) is 38.5 Å². The third-order valence-corrected chi connectivity index (χ3v) is 4.30. The van der Waals surface area contributed by atoms with E-state index in [-0.39, 0.29) is 5.54 Å².